The third-order valence-electron chi connectivity index (χ3n) is 4.10. The first kappa shape index (κ1) is 16.0. The Kier molecular flexibility index (Phi) is 5.83. The number of likely N-dealkylation sites (tertiary alicyclic amines) is 1. The molecule has 0 aromatic rings. The Balaban J connectivity index is 2.39. The summed E-state index contributed by atoms with van der Waals surface area (Å²) >= 11 is 0. The van der Waals surface area contributed by atoms with Crippen LogP contribution >= 0.6 is 0 Å². The fraction of sp³-hybridized carbons (Fsp3) is 0.867. The van der Waals surface area contributed by atoms with Crippen molar-refractivity contribution in [1.29, 1.82) is 0 Å². The molecule has 0 bridgehead atoms. The van der Waals surface area contributed by atoms with Crippen LogP contribution in [0.4, 0.5) is 0 Å². The summed E-state index contributed by atoms with van der Waals surface area (Å²) in [5.41, 5.74) is 0.263. The van der Waals surface area contributed by atoms with Gasteiger partial charge in [0.15, 0.2) is 0 Å². The van der Waals surface area contributed by atoms with E-state index in [0.717, 1.165) is 25.8 Å². The van der Waals surface area contributed by atoms with Crippen molar-refractivity contribution >= 4 is 11.9 Å². The Labute approximate surface area is 116 Å². The number of carbonyl (C=O) groups is 2. The van der Waals surface area contributed by atoms with E-state index in [-0.39, 0.29) is 17.7 Å². The molecule has 1 rings (SSSR count). The van der Waals surface area contributed by atoms with Crippen molar-refractivity contribution in [1.82, 2.24) is 4.90 Å². The summed E-state index contributed by atoms with van der Waals surface area (Å²) < 4.78 is 0. The van der Waals surface area contributed by atoms with Gasteiger partial charge in [0.2, 0.25) is 5.91 Å². The zero-order valence-corrected chi connectivity index (χ0v) is 12.4. The second kappa shape index (κ2) is 6.92. The molecule has 1 aliphatic heterocycles. The van der Waals surface area contributed by atoms with E-state index in [1.807, 2.05) is 4.90 Å². The summed E-state index contributed by atoms with van der Waals surface area (Å²) in [6, 6.07) is 0. The molecule has 0 aromatic heterocycles. The highest BCUT2D eigenvalue weighted by Crippen LogP contribution is 2.34. The molecular formula is C15H27NO3. The number of hydrogen-bond acceptors (Lipinski definition) is 2. The van der Waals surface area contributed by atoms with Gasteiger partial charge < -0.3 is 10.0 Å². The molecule has 4 nitrogen and oxygen atoms in total. The van der Waals surface area contributed by atoms with Crippen molar-refractivity contribution in [3.8, 4) is 0 Å². The van der Waals surface area contributed by atoms with Gasteiger partial charge in [0.1, 0.15) is 0 Å². The maximum Gasteiger partial charge on any atom is 0.303 e. The first-order valence-electron chi connectivity index (χ1n) is 7.30. The average molecular weight is 269 g/mol. The van der Waals surface area contributed by atoms with Crippen molar-refractivity contribution in [2.75, 3.05) is 13.1 Å². The van der Waals surface area contributed by atoms with Gasteiger partial charge >= 0.3 is 5.97 Å². The molecule has 1 heterocycles. The molecular weight excluding hydrogens is 242 g/mol. The van der Waals surface area contributed by atoms with Crippen molar-refractivity contribution in [3.05, 3.63) is 0 Å². The van der Waals surface area contributed by atoms with Crippen LogP contribution in [0.1, 0.15) is 59.3 Å². The van der Waals surface area contributed by atoms with Crippen LogP contribution in [-0.2, 0) is 9.59 Å². The zero-order valence-electron chi connectivity index (χ0n) is 12.4. The highest BCUT2D eigenvalue weighted by molar-refractivity contribution is 5.76. The number of unbranched alkanes of at least 4 members (excludes halogenated alkanes) is 1. The molecule has 1 aliphatic rings. The molecule has 1 atom stereocenters. The summed E-state index contributed by atoms with van der Waals surface area (Å²) in [4.78, 5) is 24.4. The van der Waals surface area contributed by atoms with Gasteiger partial charge in [-0.2, -0.15) is 0 Å². The molecule has 19 heavy (non-hydrogen) atoms. The number of rotatable bonds is 5. The smallest absolute Gasteiger partial charge is 0.303 e. The van der Waals surface area contributed by atoms with E-state index in [1.54, 1.807) is 0 Å². The van der Waals surface area contributed by atoms with E-state index < -0.39 is 5.97 Å². The molecule has 1 saturated heterocycles. The van der Waals surface area contributed by atoms with Crippen molar-refractivity contribution in [2.24, 2.45) is 11.3 Å². The third-order valence-corrected chi connectivity index (χ3v) is 4.10. The van der Waals surface area contributed by atoms with Crippen LogP contribution in [0.15, 0.2) is 0 Å². The third kappa shape index (κ3) is 5.62. The van der Waals surface area contributed by atoms with Gasteiger partial charge in [-0.1, -0.05) is 20.8 Å². The minimum absolute atomic E-state index is 0.201. The average Bonchev–Trinajstić information content (AvgIpc) is 2.46. The topological polar surface area (TPSA) is 57.6 Å². The second-order valence-electron chi connectivity index (χ2n) is 6.62. The van der Waals surface area contributed by atoms with Crippen molar-refractivity contribution in [3.63, 3.8) is 0 Å². The summed E-state index contributed by atoms with van der Waals surface area (Å²) in [6.07, 6.45) is 4.33. The number of nitrogens with zero attached hydrogens (tertiary/aromatic N) is 1. The normalized spacial score (nSPS) is 21.3. The van der Waals surface area contributed by atoms with E-state index in [0.29, 0.717) is 25.3 Å². The van der Waals surface area contributed by atoms with E-state index in [2.05, 4.69) is 20.8 Å². The van der Waals surface area contributed by atoms with Gasteiger partial charge in [-0.25, -0.2) is 0 Å². The fourth-order valence-electron chi connectivity index (χ4n) is 2.72. The van der Waals surface area contributed by atoms with E-state index >= 15 is 0 Å². The fourth-order valence-corrected chi connectivity index (χ4v) is 2.72. The van der Waals surface area contributed by atoms with Gasteiger partial charge in [0, 0.05) is 25.9 Å². The molecule has 0 aromatic carbocycles. The Bertz CT molecular complexity index is 320. The van der Waals surface area contributed by atoms with Crippen LogP contribution in [0.3, 0.4) is 0 Å². The summed E-state index contributed by atoms with van der Waals surface area (Å²) in [5.74, 6) is 0.0811. The number of hydrogen-bond donors (Lipinski definition) is 1. The summed E-state index contributed by atoms with van der Waals surface area (Å²) in [5, 5.41) is 8.59. The molecule has 1 fully saturated rings. The maximum atomic E-state index is 12.0. The van der Waals surface area contributed by atoms with Gasteiger partial charge in [0.05, 0.1) is 0 Å². The molecule has 0 radical (unpaired) electrons. The molecule has 0 saturated carbocycles. The lowest BCUT2D eigenvalue weighted by molar-refractivity contribution is -0.137. The molecule has 4 heteroatoms. The predicted octanol–water partition coefficient (Wildman–Crippen LogP) is 2.92. The molecule has 110 valence electrons. The SMILES string of the molecule is CC(C)(C)C1CCC(=O)N(CCCCC(=O)O)CC1. The lowest BCUT2D eigenvalue weighted by Crippen LogP contribution is -2.31. The van der Waals surface area contributed by atoms with E-state index in [1.165, 1.54) is 0 Å². The van der Waals surface area contributed by atoms with Crippen LogP contribution in [0.25, 0.3) is 0 Å². The molecule has 1 N–H and O–H groups in total. The number of carbonyl (C=O) groups excluding carboxylic acids is 1. The standard InChI is InChI=1S/C15H27NO3/c1-15(2,3)12-7-8-13(17)16(11-9-12)10-5-4-6-14(18)19/h12H,4-11H2,1-3H3,(H,18,19). The first-order valence-corrected chi connectivity index (χ1v) is 7.30. The number of amides is 1. The lowest BCUT2D eigenvalue weighted by atomic mass is 9.77. The summed E-state index contributed by atoms with van der Waals surface area (Å²) in [6.45, 7) is 8.26. The van der Waals surface area contributed by atoms with Crippen molar-refractivity contribution in [2.45, 2.75) is 59.3 Å². The maximum absolute atomic E-state index is 12.0. The Morgan fingerprint density at radius 3 is 2.58 bits per heavy atom. The second-order valence-corrected chi connectivity index (χ2v) is 6.62. The Morgan fingerprint density at radius 1 is 1.32 bits per heavy atom. The van der Waals surface area contributed by atoms with Gasteiger partial charge in [-0.3, -0.25) is 9.59 Å². The molecule has 0 aliphatic carbocycles. The Hall–Kier alpha value is -1.06. The number of aliphatic carboxylic acids is 1. The quantitative estimate of drug-likeness (QED) is 0.781. The predicted molar refractivity (Wildman–Crippen MR) is 74.9 cm³/mol. The molecule has 1 amide bonds. The van der Waals surface area contributed by atoms with Crippen molar-refractivity contribution < 1.29 is 14.7 Å². The minimum Gasteiger partial charge on any atom is -0.481 e. The Morgan fingerprint density at radius 2 is 2.00 bits per heavy atom. The molecule has 1 unspecified atom stereocenters. The van der Waals surface area contributed by atoms with Gasteiger partial charge in [-0.15, -0.1) is 0 Å². The monoisotopic (exact) mass is 269 g/mol. The summed E-state index contributed by atoms with van der Waals surface area (Å²) in [7, 11) is 0. The highest BCUT2D eigenvalue weighted by Gasteiger charge is 2.29. The zero-order chi connectivity index (χ0) is 14.5. The van der Waals surface area contributed by atoms with Crippen LogP contribution in [0.2, 0.25) is 0 Å². The highest BCUT2D eigenvalue weighted by atomic mass is 16.4. The first-order chi connectivity index (χ1) is 8.80. The van der Waals surface area contributed by atoms with Crippen LogP contribution in [0.5, 0.6) is 0 Å². The number of carboxylic acids is 1. The molecule has 0 spiro atoms. The largest absolute Gasteiger partial charge is 0.481 e. The van der Waals surface area contributed by atoms with Gasteiger partial charge in [-0.05, 0) is 37.0 Å². The van der Waals surface area contributed by atoms with Crippen LogP contribution in [0, 0.1) is 11.3 Å². The lowest BCUT2D eigenvalue weighted by Gasteiger charge is -2.29. The number of carboxylic acid groups (broad SMARTS) is 1. The van der Waals surface area contributed by atoms with E-state index in [9.17, 15) is 9.59 Å². The van der Waals surface area contributed by atoms with Gasteiger partial charge in [0.25, 0.3) is 0 Å². The van der Waals surface area contributed by atoms with Crippen LogP contribution < -0.4 is 0 Å². The minimum atomic E-state index is -0.755. The van der Waals surface area contributed by atoms with E-state index in [4.69, 9.17) is 5.11 Å². The van der Waals surface area contributed by atoms with Crippen LogP contribution in [-0.4, -0.2) is 35.0 Å².